The Labute approximate surface area is 122 Å². The van der Waals surface area contributed by atoms with Gasteiger partial charge < -0.3 is 10.2 Å². The number of likely N-dealkylation sites (N-methyl/N-ethyl adjacent to an activating group) is 1. The number of non-ortho nitro benzene ring substituents is 1. The third kappa shape index (κ3) is 3.66. The van der Waals surface area contributed by atoms with Crippen molar-refractivity contribution in [2.45, 2.75) is 25.3 Å². The fraction of sp³-hybridized carbons (Fsp3) is 0.538. The molecule has 1 aromatic rings. The molecule has 1 aliphatic rings. The summed E-state index contributed by atoms with van der Waals surface area (Å²) in [6, 6.07) is 4.05. The molecule has 8 heteroatoms. The number of nitro groups is 2. The molecule has 21 heavy (non-hydrogen) atoms. The van der Waals surface area contributed by atoms with E-state index in [1.165, 1.54) is 12.1 Å². The lowest BCUT2D eigenvalue weighted by atomic mass is 10.0. The van der Waals surface area contributed by atoms with Crippen LogP contribution >= 0.6 is 0 Å². The summed E-state index contributed by atoms with van der Waals surface area (Å²) in [6.45, 7) is 1.60. The van der Waals surface area contributed by atoms with E-state index >= 15 is 0 Å². The Kier molecular flexibility index (Phi) is 4.69. The molecule has 0 aromatic heterocycles. The predicted octanol–water partition coefficient (Wildman–Crippen LogP) is 2.08. The van der Waals surface area contributed by atoms with Crippen LogP contribution in [0.25, 0.3) is 0 Å². The van der Waals surface area contributed by atoms with Crippen LogP contribution in [0.5, 0.6) is 0 Å². The molecule has 1 aromatic carbocycles. The van der Waals surface area contributed by atoms with Crippen LogP contribution in [0.4, 0.5) is 17.1 Å². The maximum Gasteiger partial charge on any atom is 0.299 e. The summed E-state index contributed by atoms with van der Waals surface area (Å²) in [5.41, 5.74) is -0.102. The summed E-state index contributed by atoms with van der Waals surface area (Å²) in [6.07, 6.45) is 3.33. The molecular weight excluding hydrogens is 276 g/mol. The topological polar surface area (TPSA) is 102 Å². The van der Waals surface area contributed by atoms with Gasteiger partial charge in [-0.3, -0.25) is 20.2 Å². The maximum absolute atomic E-state index is 11.1. The second-order valence-corrected chi connectivity index (χ2v) is 5.21. The summed E-state index contributed by atoms with van der Waals surface area (Å²) in [5.74, 6) is 0. The predicted molar refractivity (Wildman–Crippen MR) is 78.7 cm³/mol. The van der Waals surface area contributed by atoms with Gasteiger partial charge in [0.2, 0.25) is 0 Å². The summed E-state index contributed by atoms with van der Waals surface area (Å²) >= 11 is 0. The van der Waals surface area contributed by atoms with E-state index < -0.39 is 9.85 Å². The highest BCUT2D eigenvalue weighted by molar-refractivity contribution is 5.66. The second kappa shape index (κ2) is 6.49. The molecule has 1 N–H and O–H groups in total. The van der Waals surface area contributed by atoms with Crippen LogP contribution in [0, 0.1) is 20.2 Å². The molecule has 0 bridgehead atoms. The maximum atomic E-state index is 11.1. The molecule has 1 saturated heterocycles. The number of hydrogen-bond donors (Lipinski definition) is 1. The number of nitro benzene ring substituents is 2. The van der Waals surface area contributed by atoms with Gasteiger partial charge in [-0.25, -0.2) is 0 Å². The van der Waals surface area contributed by atoms with Gasteiger partial charge in [0.15, 0.2) is 0 Å². The van der Waals surface area contributed by atoms with E-state index in [4.69, 9.17) is 0 Å². The number of nitrogens with zero attached hydrogens (tertiary/aromatic N) is 3. The number of piperidine rings is 1. The average Bonchev–Trinajstić information content (AvgIpc) is 2.47. The van der Waals surface area contributed by atoms with Crippen LogP contribution in [0.15, 0.2) is 18.2 Å². The number of rotatable bonds is 5. The smallest absolute Gasteiger partial charge is 0.299 e. The normalized spacial score (nSPS) is 18.2. The minimum atomic E-state index is -0.626. The largest absolute Gasteiger partial charge is 0.367 e. The first kappa shape index (κ1) is 15.2. The summed E-state index contributed by atoms with van der Waals surface area (Å²) in [5, 5.41) is 25.2. The molecule has 0 radical (unpaired) electrons. The van der Waals surface area contributed by atoms with Crippen molar-refractivity contribution in [2.75, 3.05) is 25.0 Å². The van der Waals surface area contributed by atoms with Gasteiger partial charge in [-0.1, -0.05) is 6.42 Å². The lowest BCUT2D eigenvalue weighted by Gasteiger charge is -2.29. The number of benzene rings is 1. The molecular formula is C13H18N4O4. The third-order valence-electron chi connectivity index (χ3n) is 3.68. The Morgan fingerprint density at radius 1 is 1.29 bits per heavy atom. The third-order valence-corrected chi connectivity index (χ3v) is 3.68. The van der Waals surface area contributed by atoms with Crippen molar-refractivity contribution >= 4 is 17.1 Å². The molecule has 0 spiro atoms. The highest BCUT2D eigenvalue weighted by Gasteiger charge is 2.23. The van der Waals surface area contributed by atoms with Gasteiger partial charge in [-0.2, -0.15) is 0 Å². The Morgan fingerprint density at radius 2 is 2.05 bits per heavy atom. The van der Waals surface area contributed by atoms with Crippen LogP contribution in [0.3, 0.4) is 0 Å². The van der Waals surface area contributed by atoms with E-state index in [1.807, 2.05) is 0 Å². The summed E-state index contributed by atoms with van der Waals surface area (Å²) in [7, 11) is 1.77. The van der Waals surface area contributed by atoms with Gasteiger partial charge in [0, 0.05) is 25.7 Å². The molecule has 1 aliphatic heterocycles. The van der Waals surface area contributed by atoms with E-state index in [-0.39, 0.29) is 11.4 Å². The molecule has 8 nitrogen and oxygen atoms in total. The monoisotopic (exact) mass is 294 g/mol. The average molecular weight is 294 g/mol. The van der Waals surface area contributed by atoms with Gasteiger partial charge >= 0.3 is 0 Å². The van der Waals surface area contributed by atoms with Crippen molar-refractivity contribution in [2.24, 2.45) is 0 Å². The van der Waals surface area contributed by atoms with Crippen LogP contribution in [-0.4, -0.2) is 36.0 Å². The zero-order valence-corrected chi connectivity index (χ0v) is 11.8. The van der Waals surface area contributed by atoms with E-state index in [2.05, 4.69) is 5.32 Å². The number of hydrogen-bond acceptors (Lipinski definition) is 6. The second-order valence-electron chi connectivity index (χ2n) is 5.21. The molecule has 2 rings (SSSR count). The Morgan fingerprint density at radius 3 is 2.62 bits per heavy atom. The van der Waals surface area contributed by atoms with Crippen molar-refractivity contribution in [1.82, 2.24) is 5.32 Å². The number of nitrogens with one attached hydrogen (secondary N) is 1. The molecule has 114 valence electrons. The van der Waals surface area contributed by atoms with Crippen molar-refractivity contribution in [3.05, 3.63) is 38.4 Å². The van der Waals surface area contributed by atoms with Crippen molar-refractivity contribution in [1.29, 1.82) is 0 Å². The molecule has 0 aliphatic carbocycles. The van der Waals surface area contributed by atoms with Crippen LogP contribution in [-0.2, 0) is 0 Å². The van der Waals surface area contributed by atoms with Crippen LogP contribution in [0.1, 0.15) is 19.3 Å². The van der Waals surface area contributed by atoms with Gasteiger partial charge in [-0.05, 0) is 25.5 Å². The molecule has 1 fully saturated rings. The lowest BCUT2D eigenvalue weighted by molar-refractivity contribution is -0.393. The fourth-order valence-corrected chi connectivity index (χ4v) is 2.60. The van der Waals surface area contributed by atoms with E-state index in [0.29, 0.717) is 18.3 Å². The minimum Gasteiger partial charge on any atom is -0.367 e. The quantitative estimate of drug-likeness (QED) is 0.659. The van der Waals surface area contributed by atoms with Gasteiger partial charge in [0.05, 0.1) is 15.9 Å². The van der Waals surface area contributed by atoms with Crippen LogP contribution in [0.2, 0.25) is 0 Å². The zero-order chi connectivity index (χ0) is 15.4. The molecule has 0 amide bonds. The Hall–Kier alpha value is -2.22. The molecule has 1 atom stereocenters. The first-order valence-electron chi connectivity index (χ1n) is 6.86. The van der Waals surface area contributed by atoms with Crippen molar-refractivity contribution in [3.63, 3.8) is 0 Å². The highest BCUT2D eigenvalue weighted by Crippen LogP contribution is 2.31. The van der Waals surface area contributed by atoms with E-state index in [9.17, 15) is 20.2 Å². The standard InChI is InChI=1S/C13H18N4O4/c1-15(9-10-4-2-3-7-14-10)12-6-5-11(16(18)19)8-13(12)17(20)21/h5-6,8,10,14H,2-4,7,9H2,1H3. The number of anilines is 1. The fourth-order valence-electron chi connectivity index (χ4n) is 2.60. The van der Waals surface area contributed by atoms with Gasteiger partial charge in [0.25, 0.3) is 11.4 Å². The van der Waals surface area contributed by atoms with Crippen LogP contribution < -0.4 is 10.2 Å². The zero-order valence-electron chi connectivity index (χ0n) is 11.8. The molecule has 0 saturated carbocycles. The minimum absolute atomic E-state index is 0.234. The van der Waals surface area contributed by atoms with Crippen molar-refractivity contribution < 1.29 is 9.85 Å². The summed E-state index contributed by atoms with van der Waals surface area (Å²) in [4.78, 5) is 22.4. The van der Waals surface area contributed by atoms with E-state index in [0.717, 1.165) is 31.9 Å². The first-order valence-corrected chi connectivity index (χ1v) is 6.86. The van der Waals surface area contributed by atoms with Crippen molar-refractivity contribution in [3.8, 4) is 0 Å². The van der Waals surface area contributed by atoms with E-state index in [1.54, 1.807) is 11.9 Å². The van der Waals surface area contributed by atoms with Gasteiger partial charge in [0.1, 0.15) is 5.69 Å². The highest BCUT2D eigenvalue weighted by atomic mass is 16.6. The SMILES string of the molecule is CN(CC1CCCCN1)c1ccc([N+](=O)[O-])cc1[N+](=O)[O-]. The molecule has 1 heterocycles. The molecule has 1 unspecified atom stereocenters. The Balaban J connectivity index is 2.20. The first-order chi connectivity index (χ1) is 9.99. The lowest BCUT2D eigenvalue weighted by Crippen LogP contribution is -2.42. The summed E-state index contributed by atoms with van der Waals surface area (Å²) < 4.78 is 0. The van der Waals surface area contributed by atoms with Gasteiger partial charge in [-0.15, -0.1) is 0 Å². The Bertz CT molecular complexity index is 543.